The first-order valence-electron chi connectivity index (χ1n) is 8.77. The van der Waals surface area contributed by atoms with Gasteiger partial charge in [-0.05, 0) is 24.6 Å². The van der Waals surface area contributed by atoms with Crippen molar-refractivity contribution in [2.24, 2.45) is 0 Å². The van der Waals surface area contributed by atoms with E-state index < -0.39 is 17.2 Å². The number of carbonyl (C=O) groups is 1. The van der Waals surface area contributed by atoms with Gasteiger partial charge in [0.1, 0.15) is 16.7 Å². The van der Waals surface area contributed by atoms with Gasteiger partial charge in [0, 0.05) is 11.4 Å². The van der Waals surface area contributed by atoms with E-state index in [1.54, 1.807) is 24.3 Å². The number of benzene rings is 2. The molecule has 0 spiro atoms. The summed E-state index contributed by atoms with van der Waals surface area (Å²) < 4.78 is 6.88. The van der Waals surface area contributed by atoms with Crippen LogP contribution in [-0.2, 0) is 0 Å². The van der Waals surface area contributed by atoms with Gasteiger partial charge in [-0.15, -0.1) is 11.3 Å². The monoisotopic (exact) mass is 408 g/mol. The van der Waals surface area contributed by atoms with Crippen molar-refractivity contribution in [3.05, 3.63) is 91.9 Å². The van der Waals surface area contributed by atoms with Crippen molar-refractivity contribution >= 4 is 27.5 Å². The zero-order chi connectivity index (χ0) is 20.5. The molecular formula is C21H16N2O5S. The van der Waals surface area contributed by atoms with E-state index >= 15 is 0 Å². The number of H-pyrrole nitrogens is 1. The fourth-order valence-corrected chi connectivity index (χ4v) is 4.02. The van der Waals surface area contributed by atoms with Gasteiger partial charge in [0.2, 0.25) is 0 Å². The van der Waals surface area contributed by atoms with Gasteiger partial charge < -0.3 is 9.84 Å². The molecule has 2 aromatic heterocycles. The average molecular weight is 408 g/mol. The van der Waals surface area contributed by atoms with Gasteiger partial charge in [-0.25, -0.2) is 14.2 Å². The average Bonchev–Trinajstić information content (AvgIpc) is 3.13. The van der Waals surface area contributed by atoms with Gasteiger partial charge in [0.05, 0.1) is 16.6 Å². The first-order valence-corrected chi connectivity index (χ1v) is 9.65. The van der Waals surface area contributed by atoms with Crippen molar-refractivity contribution in [1.29, 1.82) is 0 Å². The summed E-state index contributed by atoms with van der Waals surface area (Å²) in [5, 5.41) is 10.6. The Hall–Kier alpha value is -3.65. The van der Waals surface area contributed by atoms with Crippen molar-refractivity contribution in [2.75, 3.05) is 0 Å². The number of carboxylic acid groups (broad SMARTS) is 1. The van der Waals surface area contributed by atoms with Crippen LogP contribution in [0.5, 0.6) is 5.75 Å². The lowest BCUT2D eigenvalue weighted by Gasteiger charge is -2.16. The second-order valence-corrected chi connectivity index (χ2v) is 7.28. The van der Waals surface area contributed by atoms with E-state index in [1.807, 2.05) is 37.3 Å². The molecule has 0 saturated heterocycles. The number of fused-ring (bicyclic) bond motifs is 1. The van der Waals surface area contributed by atoms with E-state index in [0.29, 0.717) is 11.4 Å². The molecule has 0 radical (unpaired) electrons. The van der Waals surface area contributed by atoms with Gasteiger partial charge in [-0.1, -0.05) is 36.4 Å². The SMILES string of the molecule is CC(Oc1cccc(-n2c(=O)[nH]c3scc(C(=O)O)c3c2=O)c1)c1ccccc1. The highest BCUT2D eigenvalue weighted by Crippen LogP contribution is 2.24. The Morgan fingerprint density at radius 1 is 1.14 bits per heavy atom. The van der Waals surface area contributed by atoms with Gasteiger partial charge in [0.25, 0.3) is 5.56 Å². The van der Waals surface area contributed by atoms with Gasteiger partial charge in [-0.2, -0.15) is 0 Å². The predicted molar refractivity (Wildman–Crippen MR) is 110 cm³/mol. The fourth-order valence-electron chi connectivity index (χ4n) is 3.10. The Balaban J connectivity index is 1.78. The van der Waals surface area contributed by atoms with Crippen LogP contribution in [0.4, 0.5) is 0 Å². The van der Waals surface area contributed by atoms with E-state index in [9.17, 15) is 19.5 Å². The Labute approximate surface area is 168 Å². The standard InChI is InChI=1S/C21H16N2O5S/c1-12(13-6-3-2-4-7-13)28-15-9-5-8-14(10-15)23-19(24)17-16(20(25)26)11-29-18(17)22-21(23)27/h2-12H,1H3,(H,22,27)(H,25,26). The van der Waals surface area contributed by atoms with Crippen molar-refractivity contribution in [1.82, 2.24) is 9.55 Å². The van der Waals surface area contributed by atoms with Crippen LogP contribution in [0, 0.1) is 0 Å². The number of thiophene rings is 1. The Morgan fingerprint density at radius 3 is 2.62 bits per heavy atom. The second kappa shape index (κ2) is 7.40. The maximum Gasteiger partial charge on any atom is 0.337 e. The number of carboxylic acids is 1. The summed E-state index contributed by atoms with van der Waals surface area (Å²) in [6.45, 7) is 1.90. The fraction of sp³-hybridized carbons (Fsp3) is 0.0952. The maximum absolute atomic E-state index is 12.9. The van der Waals surface area contributed by atoms with E-state index in [0.717, 1.165) is 21.5 Å². The lowest BCUT2D eigenvalue weighted by molar-refractivity contribution is 0.0699. The third-order valence-electron chi connectivity index (χ3n) is 4.52. The first kappa shape index (κ1) is 18.7. The minimum absolute atomic E-state index is 0.0222. The van der Waals surface area contributed by atoms with E-state index in [1.165, 1.54) is 5.38 Å². The Kier molecular flexibility index (Phi) is 4.77. The summed E-state index contributed by atoms with van der Waals surface area (Å²) in [7, 11) is 0. The Morgan fingerprint density at radius 2 is 1.90 bits per heavy atom. The Bertz CT molecular complexity index is 1320. The highest BCUT2D eigenvalue weighted by Gasteiger charge is 2.19. The largest absolute Gasteiger partial charge is 0.486 e. The molecule has 8 heteroatoms. The molecule has 29 heavy (non-hydrogen) atoms. The highest BCUT2D eigenvalue weighted by molar-refractivity contribution is 7.17. The van der Waals surface area contributed by atoms with Crippen LogP contribution in [0.1, 0.15) is 28.9 Å². The van der Waals surface area contributed by atoms with Gasteiger partial charge >= 0.3 is 11.7 Å². The lowest BCUT2D eigenvalue weighted by Crippen LogP contribution is -2.33. The number of nitrogens with zero attached hydrogens (tertiary/aromatic N) is 1. The molecule has 4 rings (SSSR count). The smallest absolute Gasteiger partial charge is 0.337 e. The molecule has 146 valence electrons. The molecule has 0 fully saturated rings. The quantitative estimate of drug-likeness (QED) is 0.526. The minimum atomic E-state index is -1.22. The van der Waals surface area contributed by atoms with Crippen LogP contribution in [0.2, 0.25) is 0 Å². The van der Waals surface area contributed by atoms with Gasteiger partial charge in [-0.3, -0.25) is 9.78 Å². The lowest BCUT2D eigenvalue weighted by atomic mass is 10.1. The second-order valence-electron chi connectivity index (χ2n) is 6.40. The number of aromatic amines is 1. The number of rotatable bonds is 5. The van der Waals surface area contributed by atoms with E-state index in [2.05, 4.69) is 4.98 Å². The molecule has 7 nitrogen and oxygen atoms in total. The molecule has 0 amide bonds. The van der Waals surface area contributed by atoms with Crippen LogP contribution in [0.3, 0.4) is 0 Å². The molecule has 0 aliphatic carbocycles. The van der Waals surface area contributed by atoms with Crippen LogP contribution in [0.25, 0.3) is 15.9 Å². The summed E-state index contributed by atoms with van der Waals surface area (Å²) in [4.78, 5) is 39.7. The topological polar surface area (TPSA) is 101 Å². The molecule has 1 unspecified atom stereocenters. The summed E-state index contributed by atoms with van der Waals surface area (Å²) >= 11 is 1.01. The molecule has 0 bridgehead atoms. The zero-order valence-corrected chi connectivity index (χ0v) is 16.1. The third-order valence-corrected chi connectivity index (χ3v) is 5.42. The molecule has 0 saturated carbocycles. The third kappa shape index (κ3) is 3.45. The van der Waals surface area contributed by atoms with Crippen LogP contribution < -0.4 is 16.0 Å². The molecule has 2 N–H and O–H groups in total. The molecule has 0 aliphatic heterocycles. The summed E-state index contributed by atoms with van der Waals surface area (Å²) in [6.07, 6.45) is -0.237. The normalized spacial score (nSPS) is 12.0. The van der Waals surface area contributed by atoms with Crippen molar-refractivity contribution < 1.29 is 14.6 Å². The van der Waals surface area contributed by atoms with E-state index in [-0.39, 0.29) is 21.9 Å². The van der Waals surface area contributed by atoms with Crippen LogP contribution >= 0.6 is 11.3 Å². The van der Waals surface area contributed by atoms with Crippen LogP contribution in [0.15, 0.2) is 69.6 Å². The number of aromatic nitrogens is 2. The number of hydrogen-bond acceptors (Lipinski definition) is 5. The number of nitrogens with one attached hydrogen (secondary N) is 1. The van der Waals surface area contributed by atoms with Crippen LogP contribution in [-0.4, -0.2) is 20.6 Å². The first-order chi connectivity index (χ1) is 14.0. The molecular weight excluding hydrogens is 392 g/mol. The predicted octanol–water partition coefficient (Wildman–Crippen LogP) is 3.58. The molecule has 2 aromatic carbocycles. The molecule has 1 atom stereocenters. The zero-order valence-electron chi connectivity index (χ0n) is 15.3. The van der Waals surface area contributed by atoms with Crippen molar-refractivity contribution in [2.45, 2.75) is 13.0 Å². The number of ether oxygens (including phenoxy) is 1. The summed E-state index contributed by atoms with van der Waals surface area (Å²) in [5.41, 5.74) is -0.188. The summed E-state index contributed by atoms with van der Waals surface area (Å²) in [6, 6.07) is 16.2. The summed E-state index contributed by atoms with van der Waals surface area (Å²) in [5.74, 6) is -0.741. The molecule has 0 aliphatic rings. The van der Waals surface area contributed by atoms with E-state index in [4.69, 9.17) is 4.74 Å². The number of aromatic carboxylic acids is 1. The molecule has 4 aromatic rings. The molecule has 2 heterocycles. The van der Waals surface area contributed by atoms with Gasteiger partial charge in [0.15, 0.2) is 0 Å². The highest BCUT2D eigenvalue weighted by atomic mass is 32.1. The maximum atomic E-state index is 12.9. The minimum Gasteiger partial charge on any atom is -0.486 e. The number of hydrogen-bond donors (Lipinski definition) is 2. The van der Waals surface area contributed by atoms with Crippen molar-refractivity contribution in [3.63, 3.8) is 0 Å². The van der Waals surface area contributed by atoms with Crippen molar-refractivity contribution in [3.8, 4) is 11.4 Å².